The monoisotopic (exact) mass is 529 g/mol. The molecule has 0 spiro atoms. The van der Waals surface area contributed by atoms with E-state index in [1.54, 1.807) is 6.20 Å². The van der Waals surface area contributed by atoms with Crippen molar-refractivity contribution in [3.63, 3.8) is 0 Å². The summed E-state index contributed by atoms with van der Waals surface area (Å²) in [4.78, 5) is 17.2. The molecule has 0 aliphatic heterocycles. The summed E-state index contributed by atoms with van der Waals surface area (Å²) < 4.78 is 11.4. The van der Waals surface area contributed by atoms with Crippen LogP contribution in [0.25, 0.3) is 11.3 Å². The lowest BCUT2D eigenvalue weighted by Gasteiger charge is -2.08. The van der Waals surface area contributed by atoms with E-state index in [-0.39, 0.29) is 5.97 Å². The lowest BCUT2D eigenvalue weighted by Crippen LogP contribution is -2.08. The number of carbonyl (C=O) groups is 1. The van der Waals surface area contributed by atoms with Gasteiger partial charge in [0.25, 0.3) is 0 Å². The maximum atomic E-state index is 12.6. The maximum Gasteiger partial charge on any atom is 0.343 e. The van der Waals surface area contributed by atoms with Gasteiger partial charge in [0, 0.05) is 5.56 Å². The van der Waals surface area contributed by atoms with Crippen LogP contribution in [0, 0.1) is 0 Å². The molecule has 39 heavy (non-hydrogen) atoms. The first-order chi connectivity index (χ1) is 19.2. The average molecular weight is 530 g/mol. The van der Waals surface area contributed by atoms with Gasteiger partial charge >= 0.3 is 5.97 Å². The van der Waals surface area contributed by atoms with E-state index in [0.29, 0.717) is 11.3 Å². The summed E-state index contributed by atoms with van der Waals surface area (Å²) in [5, 5.41) is 0. The number of aryl methyl sites for hydroxylation is 1. The lowest BCUT2D eigenvalue weighted by atomic mass is 10.0. The predicted octanol–water partition coefficient (Wildman–Crippen LogP) is 10.0. The number of benzene rings is 2. The molecule has 1 aromatic heterocycles. The van der Waals surface area contributed by atoms with Crippen molar-refractivity contribution in [2.75, 3.05) is 6.61 Å². The van der Waals surface area contributed by atoms with E-state index >= 15 is 0 Å². The molecule has 1 heterocycles. The smallest absolute Gasteiger partial charge is 0.343 e. The van der Waals surface area contributed by atoms with E-state index in [2.05, 4.69) is 18.8 Å². The summed E-state index contributed by atoms with van der Waals surface area (Å²) in [6.45, 7) is 5.21. The van der Waals surface area contributed by atoms with Crippen LogP contribution in [0.4, 0.5) is 0 Å². The third kappa shape index (κ3) is 11.6. The highest BCUT2D eigenvalue weighted by molar-refractivity contribution is 5.91. The van der Waals surface area contributed by atoms with Crippen LogP contribution in [0.15, 0.2) is 66.9 Å². The molecular formula is C35H47NO3. The number of hydrogen-bond donors (Lipinski definition) is 0. The van der Waals surface area contributed by atoms with Gasteiger partial charge < -0.3 is 9.47 Å². The first kappa shape index (κ1) is 30.4. The third-order valence-corrected chi connectivity index (χ3v) is 7.12. The number of nitrogens with zero attached hydrogens (tertiary/aromatic N) is 1. The van der Waals surface area contributed by atoms with Crippen molar-refractivity contribution < 1.29 is 14.3 Å². The first-order valence-electron chi connectivity index (χ1n) is 15.2. The van der Waals surface area contributed by atoms with Crippen LogP contribution in [0.2, 0.25) is 0 Å². The van der Waals surface area contributed by atoms with Crippen molar-refractivity contribution in [1.82, 2.24) is 4.98 Å². The molecule has 0 N–H and O–H groups in total. The molecule has 0 aliphatic rings. The molecule has 0 amide bonds. The minimum atomic E-state index is -0.337. The summed E-state index contributed by atoms with van der Waals surface area (Å²) >= 11 is 0. The SMILES string of the molecule is CCCCCCCCCCc1ccc(C(=O)Oc2ccc(-c3ccc(OCCCCCCC)cn3)cc2)cc1. The molecule has 3 aromatic rings. The standard InChI is InChI=1S/C35H47NO3/c1-3-5-7-9-10-11-12-14-16-29-17-19-31(20-18-29)35(37)39-32-23-21-30(22-24-32)34-26-25-33(28-36-34)38-27-15-13-8-6-4-2/h17-26,28H,3-16,27H2,1-2H3. The molecule has 2 aromatic carbocycles. The van der Waals surface area contributed by atoms with Gasteiger partial charge in [-0.3, -0.25) is 4.98 Å². The van der Waals surface area contributed by atoms with E-state index in [0.717, 1.165) is 36.5 Å². The Labute approximate surface area is 236 Å². The number of hydrogen-bond acceptors (Lipinski definition) is 4. The van der Waals surface area contributed by atoms with Gasteiger partial charge in [-0.15, -0.1) is 0 Å². The fraction of sp³-hybridized carbons (Fsp3) is 0.486. The Bertz CT molecular complexity index is 1060. The molecule has 0 atom stereocenters. The van der Waals surface area contributed by atoms with Crippen LogP contribution in [0.3, 0.4) is 0 Å². The van der Waals surface area contributed by atoms with Crippen LogP contribution < -0.4 is 9.47 Å². The van der Waals surface area contributed by atoms with Gasteiger partial charge in [0.1, 0.15) is 11.5 Å². The Morgan fingerprint density at radius 1 is 0.641 bits per heavy atom. The molecule has 4 nitrogen and oxygen atoms in total. The molecule has 0 saturated heterocycles. The molecule has 0 aliphatic carbocycles. The number of rotatable bonds is 19. The minimum Gasteiger partial charge on any atom is -0.492 e. The van der Waals surface area contributed by atoms with Gasteiger partial charge in [-0.25, -0.2) is 4.79 Å². The number of aromatic nitrogens is 1. The molecule has 0 bridgehead atoms. The zero-order valence-corrected chi connectivity index (χ0v) is 24.1. The number of ether oxygens (including phenoxy) is 2. The fourth-order valence-electron chi connectivity index (χ4n) is 4.66. The zero-order valence-electron chi connectivity index (χ0n) is 24.1. The Morgan fingerprint density at radius 2 is 1.23 bits per heavy atom. The van der Waals surface area contributed by atoms with Crippen molar-refractivity contribution in [2.24, 2.45) is 0 Å². The van der Waals surface area contributed by atoms with Crippen molar-refractivity contribution in [2.45, 2.75) is 104 Å². The third-order valence-electron chi connectivity index (χ3n) is 7.12. The number of esters is 1. The van der Waals surface area contributed by atoms with E-state index in [1.807, 2.05) is 60.7 Å². The van der Waals surface area contributed by atoms with Crippen molar-refractivity contribution in [3.8, 4) is 22.8 Å². The van der Waals surface area contributed by atoms with Crippen LogP contribution in [-0.2, 0) is 6.42 Å². The topological polar surface area (TPSA) is 48.4 Å². The Hall–Kier alpha value is -3.14. The molecule has 3 rings (SSSR count). The van der Waals surface area contributed by atoms with E-state index in [4.69, 9.17) is 9.47 Å². The fourth-order valence-corrected chi connectivity index (χ4v) is 4.66. The van der Waals surface area contributed by atoms with Gasteiger partial charge in [-0.1, -0.05) is 96.6 Å². The second-order valence-corrected chi connectivity index (χ2v) is 10.5. The van der Waals surface area contributed by atoms with Crippen LogP contribution >= 0.6 is 0 Å². The molecule has 210 valence electrons. The number of unbranched alkanes of at least 4 members (excludes halogenated alkanes) is 11. The normalized spacial score (nSPS) is 10.9. The highest BCUT2D eigenvalue weighted by Gasteiger charge is 2.09. The quantitative estimate of drug-likeness (QED) is 0.0880. The number of carbonyl (C=O) groups excluding carboxylic acids is 1. The maximum absolute atomic E-state index is 12.6. The molecular weight excluding hydrogens is 482 g/mol. The predicted molar refractivity (Wildman–Crippen MR) is 162 cm³/mol. The van der Waals surface area contributed by atoms with E-state index in [1.165, 1.54) is 82.6 Å². The number of pyridine rings is 1. The van der Waals surface area contributed by atoms with Gasteiger partial charge in [-0.2, -0.15) is 0 Å². The van der Waals surface area contributed by atoms with Crippen LogP contribution in [0.5, 0.6) is 11.5 Å². The van der Waals surface area contributed by atoms with Crippen molar-refractivity contribution in [3.05, 3.63) is 78.0 Å². The first-order valence-corrected chi connectivity index (χ1v) is 15.2. The summed E-state index contributed by atoms with van der Waals surface area (Å²) in [6, 6.07) is 19.2. The van der Waals surface area contributed by atoms with Crippen LogP contribution in [-0.4, -0.2) is 17.6 Å². The molecule has 0 radical (unpaired) electrons. The van der Waals surface area contributed by atoms with Crippen LogP contribution in [0.1, 0.15) is 113 Å². The molecule has 0 unspecified atom stereocenters. The molecule has 4 heteroatoms. The molecule has 0 saturated carbocycles. The Kier molecular flexibility index (Phi) is 14.2. The second kappa shape index (κ2) is 18.2. The van der Waals surface area contributed by atoms with Gasteiger partial charge in [0.15, 0.2) is 0 Å². The van der Waals surface area contributed by atoms with Gasteiger partial charge in [0.2, 0.25) is 0 Å². The lowest BCUT2D eigenvalue weighted by molar-refractivity contribution is 0.0734. The molecule has 0 fully saturated rings. The summed E-state index contributed by atoms with van der Waals surface area (Å²) in [7, 11) is 0. The van der Waals surface area contributed by atoms with Gasteiger partial charge in [-0.05, 0) is 73.4 Å². The highest BCUT2D eigenvalue weighted by Crippen LogP contribution is 2.23. The summed E-state index contributed by atoms with van der Waals surface area (Å²) in [5.41, 5.74) is 3.67. The van der Waals surface area contributed by atoms with E-state index < -0.39 is 0 Å². The second-order valence-electron chi connectivity index (χ2n) is 10.5. The highest BCUT2D eigenvalue weighted by atomic mass is 16.5. The minimum absolute atomic E-state index is 0.337. The Balaban J connectivity index is 1.39. The van der Waals surface area contributed by atoms with Gasteiger partial charge in [0.05, 0.1) is 24.1 Å². The van der Waals surface area contributed by atoms with Crippen molar-refractivity contribution in [1.29, 1.82) is 0 Å². The zero-order chi connectivity index (χ0) is 27.5. The Morgan fingerprint density at radius 3 is 1.85 bits per heavy atom. The average Bonchev–Trinajstić information content (AvgIpc) is 2.97. The van der Waals surface area contributed by atoms with Crippen molar-refractivity contribution >= 4 is 5.97 Å². The largest absolute Gasteiger partial charge is 0.492 e. The summed E-state index contributed by atoms with van der Waals surface area (Å²) in [6.07, 6.45) is 19.5. The summed E-state index contributed by atoms with van der Waals surface area (Å²) in [5.74, 6) is 0.981. The van der Waals surface area contributed by atoms with E-state index in [9.17, 15) is 4.79 Å².